The van der Waals surface area contributed by atoms with Crippen LogP contribution >= 0.6 is 0 Å². The number of likely N-dealkylation sites (N-methyl/N-ethyl adjacent to an activating group) is 1. The molecule has 1 unspecified atom stereocenters. The Kier molecular flexibility index (Phi) is 4.26. The SMILES string of the molecule is CN(CC1CCCCCN1)c1ccc(O)cc1. The molecule has 0 radical (unpaired) electrons. The fourth-order valence-corrected chi connectivity index (χ4v) is 2.40. The molecule has 3 heteroatoms. The third kappa shape index (κ3) is 3.63. The molecule has 1 aliphatic rings. The first kappa shape index (κ1) is 12.2. The topological polar surface area (TPSA) is 35.5 Å². The van der Waals surface area contributed by atoms with Gasteiger partial charge in [-0.05, 0) is 43.7 Å². The van der Waals surface area contributed by atoms with E-state index >= 15 is 0 Å². The highest BCUT2D eigenvalue weighted by Crippen LogP contribution is 2.18. The molecule has 3 nitrogen and oxygen atoms in total. The van der Waals surface area contributed by atoms with Crippen molar-refractivity contribution in [1.29, 1.82) is 0 Å². The normalized spacial score (nSPS) is 20.9. The number of anilines is 1. The van der Waals surface area contributed by atoms with Crippen molar-refractivity contribution in [3.63, 3.8) is 0 Å². The standard InChI is InChI=1S/C14H22N2O/c1-16(13-6-8-14(17)9-7-13)11-12-5-3-2-4-10-15-12/h6-9,12,15,17H,2-5,10-11H2,1H3. The fraction of sp³-hybridized carbons (Fsp3) is 0.571. The number of hydrogen-bond donors (Lipinski definition) is 2. The van der Waals surface area contributed by atoms with Crippen LogP contribution in [0.3, 0.4) is 0 Å². The van der Waals surface area contributed by atoms with Gasteiger partial charge in [0.15, 0.2) is 0 Å². The second-order valence-corrected chi connectivity index (χ2v) is 4.90. The molecule has 1 heterocycles. The largest absolute Gasteiger partial charge is 0.508 e. The van der Waals surface area contributed by atoms with Crippen molar-refractivity contribution in [2.24, 2.45) is 0 Å². The maximum Gasteiger partial charge on any atom is 0.115 e. The van der Waals surface area contributed by atoms with Crippen molar-refractivity contribution < 1.29 is 5.11 Å². The summed E-state index contributed by atoms with van der Waals surface area (Å²) in [6.07, 6.45) is 5.26. The quantitative estimate of drug-likeness (QED) is 0.842. The van der Waals surface area contributed by atoms with Crippen LogP contribution in [0.2, 0.25) is 0 Å². The minimum absolute atomic E-state index is 0.328. The number of aromatic hydroxyl groups is 1. The lowest BCUT2D eigenvalue weighted by Gasteiger charge is -2.25. The van der Waals surface area contributed by atoms with Crippen molar-refractivity contribution in [3.8, 4) is 5.75 Å². The van der Waals surface area contributed by atoms with E-state index in [9.17, 15) is 5.11 Å². The Labute approximate surface area is 103 Å². The average molecular weight is 234 g/mol. The lowest BCUT2D eigenvalue weighted by Crippen LogP contribution is -2.39. The first-order chi connectivity index (χ1) is 8.25. The Morgan fingerprint density at radius 3 is 2.76 bits per heavy atom. The van der Waals surface area contributed by atoms with E-state index in [1.807, 2.05) is 12.1 Å². The van der Waals surface area contributed by atoms with Gasteiger partial charge in [-0.3, -0.25) is 0 Å². The van der Waals surface area contributed by atoms with E-state index in [1.165, 1.54) is 25.7 Å². The van der Waals surface area contributed by atoms with Gasteiger partial charge >= 0.3 is 0 Å². The maximum atomic E-state index is 9.27. The molecule has 17 heavy (non-hydrogen) atoms. The Balaban J connectivity index is 1.91. The molecule has 0 aliphatic carbocycles. The van der Waals surface area contributed by atoms with Crippen LogP contribution in [0, 0.1) is 0 Å². The molecule has 0 spiro atoms. The average Bonchev–Trinajstić information content (AvgIpc) is 2.58. The summed E-state index contributed by atoms with van der Waals surface area (Å²) in [4.78, 5) is 2.25. The lowest BCUT2D eigenvalue weighted by molar-refractivity contribution is 0.475. The molecular weight excluding hydrogens is 212 g/mol. The third-order valence-electron chi connectivity index (χ3n) is 3.45. The summed E-state index contributed by atoms with van der Waals surface area (Å²) in [5.74, 6) is 0.328. The summed E-state index contributed by atoms with van der Waals surface area (Å²) in [6, 6.07) is 8.01. The van der Waals surface area contributed by atoms with E-state index in [-0.39, 0.29) is 0 Å². The van der Waals surface area contributed by atoms with Crippen molar-refractivity contribution >= 4 is 5.69 Å². The van der Waals surface area contributed by atoms with Gasteiger partial charge < -0.3 is 15.3 Å². The Hall–Kier alpha value is -1.22. The van der Waals surface area contributed by atoms with Crippen LogP contribution < -0.4 is 10.2 Å². The van der Waals surface area contributed by atoms with Gasteiger partial charge in [0, 0.05) is 25.3 Å². The second-order valence-electron chi connectivity index (χ2n) is 4.90. The number of benzene rings is 1. The van der Waals surface area contributed by atoms with E-state index < -0.39 is 0 Å². The van der Waals surface area contributed by atoms with Gasteiger partial charge in [0.1, 0.15) is 5.75 Å². The van der Waals surface area contributed by atoms with Crippen LogP contribution in [0.5, 0.6) is 5.75 Å². The summed E-state index contributed by atoms with van der Waals surface area (Å²) in [6.45, 7) is 2.18. The number of rotatable bonds is 3. The van der Waals surface area contributed by atoms with Gasteiger partial charge in [-0.2, -0.15) is 0 Å². The fourth-order valence-electron chi connectivity index (χ4n) is 2.40. The zero-order chi connectivity index (χ0) is 12.1. The van der Waals surface area contributed by atoms with Crippen LogP contribution in [0.25, 0.3) is 0 Å². The van der Waals surface area contributed by atoms with Crippen molar-refractivity contribution in [1.82, 2.24) is 5.32 Å². The molecule has 1 aromatic carbocycles. The minimum Gasteiger partial charge on any atom is -0.508 e. The molecule has 94 valence electrons. The van der Waals surface area contributed by atoms with Crippen molar-refractivity contribution in [2.45, 2.75) is 31.7 Å². The maximum absolute atomic E-state index is 9.27. The van der Waals surface area contributed by atoms with Crippen LogP contribution in [-0.2, 0) is 0 Å². The zero-order valence-corrected chi connectivity index (χ0v) is 10.5. The number of phenolic OH excluding ortho intramolecular Hbond substituents is 1. The molecule has 1 aromatic rings. The zero-order valence-electron chi connectivity index (χ0n) is 10.5. The molecule has 0 bridgehead atoms. The molecule has 0 amide bonds. The van der Waals surface area contributed by atoms with Crippen LogP contribution in [-0.4, -0.2) is 31.3 Å². The number of nitrogens with one attached hydrogen (secondary N) is 1. The van der Waals surface area contributed by atoms with E-state index in [1.54, 1.807) is 12.1 Å². The highest BCUT2D eigenvalue weighted by molar-refractivity contribution is 5.48. The molecule has 2 N–H and O–H groups in total. The number of nitrogens with zero attached hydrogens (tertiary/aromatic N) is 1. The predicted octanol–water partition coefficient (Wildman–Crippen LogP) is 2.36. The van der Waals surface area contributed by atoms with E-state index in [0.717, 1.165) is 18.8 Å². The third-order valence-corrected chi connectivity index (χ3v) is 3.45. The summed E-state index contributed by atoms with van der Waals surface area (Å²) in [5.41, 5.74) is 1.16. The molecule has 0 saturated carbocycles. The summed E-state index contributed by atoms with van der Waals surface area (Å²) >= 11 is 0. The Morgan fingerprint density at radius 2 is 2.00 bits per heavy atom. The highest BCUT2D eigenvalue weighted by Gasteiger charge is 2.13. The lowest BCUT2D eigenvalue weighted by atomic mass is 10.1. The number of phenols is 1. The molecule has 1 fully saturated rings. The van der Waals surface area contributed by atoms with Gasteiger partial charge in [0.05, 0.1) is 0 Å². The van der Waals surface area contributed by atoms with Crippen LogP contribution in [0.1, 0.15) is 25.7 Å². The Bertz CT molecular complexity index is 329. The molecule has 0 aromatic heterocycles. The first-order valence-electron chi connectivity index (χ1n) is 6.49. The summed E-state index contributed by atoms with van der Waals surface area (Å²) in [7, 11) is 2.11. The van der Waals surface area contributed by atoms with E-state index in [4.69, 9.17) is 0 Å². The van der Waals surface area contributed by atoms with Crippen molar-refractivity contribution in [3.05, 3.63) is 24.3 Å². The summed E-state index contributed by atoms with van der Waals surface area (Å²) < 4.78 is 0. The predicted molar refractivity (Wildman–Crippen MR) is 71.6 cm³/mol. The molecule has 1 aliphatic heterocycles. The smallest absolute Gasteiger partial charge is 0.115 e. The van der Waals surface area contributed by atoms with Gasteiger partial charge in [-0.1, -0.05) is 12.8 Å². The molecule has 1 atom stereocenters. The van der Waals surface area contributed by atoms with Gasteiger partial charge in [0.25, 0.3) is 0 Å². The van der Waals surface area contributed by atoms with E-state index in [2.05, 4.69) is 17.3 Å². The number of hydrogen-bond acceptors (Lipinski definition) is 3. The van der Waals surface area contributed by atoms with Crippen LogP contribution in [0.4, 0.5) is 5.69 Å². The second kappa shape index (κ2) is 5.92. The van der Waals surface area contributed by atoms with Crippen molar-refractivity contribution in [2.75, 3.05) is 25.0 Å². The first-order valence-corrected chi connectivity index (χ1v) is 6.49. The summed E-state index contributed by atoms with van der Waals surface area (Å²) in [5, 5.41) is 12.9. The molecule has 1 saturated heterocycles. The van der Waals surface area contributed by atoms with Gasteiger partial charge in [0.2, 0.25) is 0 Å². The minimum atomic E-state index is 0.328. The Morgan fingerprint density at radius 1 is 1.24 bits per heavy atom. The highest BCUT2D eigenvalue weighted by atomic mass is 16.3. The van der Waals surface area contributed by atoms with E-state index in [0.29, 0.717) is 11.8 Å². The van der Waals surface area contributed by atoms with Crippen LogP contribution in [0.15, 0.2) is 24.3 Å². The molecular formula is C14H22N2O. The van der Waals surface area contributed by atoms with Gasteiger partial charge in [-0.15, -0.1) is 0 Å². The monoisotopic (exact) mass is 234 g/mol. The molecule has 2 rings (SSSR count). The van der Waals surface area contributed by atoms with Gasteiger partial charge in [-0.25, -0.2) is 0 Å².